The highest BCUT2D eigenvalue weighted by atomic mass is 31.2. The van der Waals surface area contributed by atoms with Crippen molar-refractivity contribution in [2.45, 2.75) is 40.3 Å². The predicted molar refractivity (Wildman–Crippen MR) is 75.3 cm³/mol. The first-order valence-electron chi connectivity index (χ1n) is 6.59. The summed E-state index contributed by atoms with van der Waals surface area (Å²) in [5, 5.41) is 0. The van der Waals surface area contributed by atoms with Gasteiger partial charge >= 0.3 is 13.6 Å². The molecule has 0 spiro atoms. The van der Waals surface area contributed by atoms with Crippen molar-refractivity contribution in [2.24, 2.45) is 5.92 Å². The second kappa shape index (κ2) is 9.29. The number of hydrogen-bond donors (Lipinski definition) is 0. The molecule has 0 aliphatic carbocycles. The van der Waals surface area contributed by atoms with E-state index in [0.717, 1.165) is 0 Å². The predicted octanol–water partition coefficient (Wildman–Crippen LogP) is 3.40. The summed E-state index contributed by atoms with van der Waals surface area (Å²) in [4.78, 5) is 12.0. The van der Waals surface area contributed by atoms with Crippen LogP contribution >= 0.6 is 7.60 Å². The number of carbonyl (C=O) groups is 1. The van der Waals surface area contributed by atoms with Crippen LogP contribution in [0.1, 0.15) is 34.6 Å². The molecule has 0 bridgehead atoms. The minimum atomic E-state index is -3.52. The van der Waals surface area contributed by atoms with Crippen molar-refractivity contribution in [1.29, 1.82) is 0 Å². The highest BCUT2D eigenvalue weighted by Crippen LogP contribution is 2.54. The van der Waals surface area contributed by atoms with Gasteiger partial charge in [-0.05, 0) is 26.7 Å². The molecule has 0 N–H and O–H groups in total. The van der Waals surface area contributed by atoms with Gasteiger partial charge in [0, 0.05) is 0 Å². The van der Waals surface area contributed by atoms with Crippen LogP contribution in [0, 0.1) is 5.92 Å². The molecule has 0 rings (SSSR count). The SMILES string of the molecule is C/C=C/C(C(=O)OCC(C)C)P(=O)(OCC)OCC. The molecule has 112 valence electrons. The van der Waals surface area contributed by atoms with Gasteiger partial charge in [-0.2, -0.15) is 0 Å². The van der Waals surface area contributed by atoms with E-state index in [1.807, 2.05) is 13.8 Å². The Labute approximate surface area is 115 Å². The summed E-state index contributed by atoms with van der Waals surface area (Å²) < 4.78 is 28.1. The van der Waals surface area contributed by atoms with Crippen molar-refractivity contribution in [3.63, 3.8) is 0 Å². The first kappa shape index (κ1) is 18.4. The third-order valence-electron chi connectivity index (χ3n) is 2.13. The van der Waals surface area contributed by atoms with Crippen molar-refractivity contribution >= 4 is 13.6 Å². The summed E-state index contributed by atoms with van der Waals surface area (Å²) in [6.45, 7) is 9.72. The van der Waals surface area contributed by atoms with Gasteiger partial charge in [-0.25, -0.2) is 0 Å². The first-order chi connectivity index (χ1) is 8.91. The molecule has 0 aliphatic rings. The average Bonchev–Trinajstić information content (AvgIpc) is 2.33. The van der Waals surface area contributed by atoms with E-state index < -0.39 is 19.2 Å². The Morgan fingerprint density at radius 3 is 2.11 bits per heavy atom. The molecule has 0 aromatic heterocycles. The largest absolute Gasteiger partial charge is 0.464 e. The number of rotatable bonds is 9. The van der Waals surface area contributed by atoms with Gasteiger partial charge in [0.25, 0.3) is 0 Å². The Morgan fingerprint density at radius 1 is 1.21 bits per heavy atom. The van der Waals surface area contributed by atoms with Gasteiger partial charge in [0.2, 0.25) is 0 Å². The molecule has 1 atom stereocenters. The maximum Gasteiger partial charge on any atom is 0.348 e. The normalized spacial score (nSPS) is 14.0. The monoisotopic (exact) mass is 292 g/mol. The summed E-state index contributed by atoms with van der Waals surface area (Å²) in [6.07, 6.45) is 3.15. The van der Waals surface area contributed by atoms with Crippen molar-refractivity contribution in [2.75, 3.05) is 19.8 Å². The maximum absolute atomic E-state index is 12.6. The van der Waals surface area contributed by atoms with E-state index >= 15 is 0 Å². The van der Waals surface area contributed by atoms with E-state index in [9.17, 15) is 9.36 Å². The van der Waals surface area contributed by atoms with Gasteiger partial charge < -0.3 is 13.8 Å². The lowest BCUT2D eigenvalue weighted by Crippen LogP contribution is -2.25. The molecule has 6 heteroatoms. The number of carbonyl (C=O) groups excluding carboxylic acids is 1. The van der Waals surface area contributed by atoms with Gasteiger partial charge in [-0.1, -0.05) is 26.0 Å². The molecule has 0 fully saturated rings. The number of hydrogen-bond acceptors (Lipinski definition) is 5. The fraction of sp³-hybridized carbons (Fsp3) is 0.769. The molecule has 1 unspecified atom stereocenters. The molecule has 0 aliphatic heterocycles. The lowest BCUT2D eigenvalue weighted by atomic mass is 10.2. The first-order valence-corrected chi connectivity index (χ1v) is 8.20. The molecule has 5 nitrogen and oxygen atoms in total. The van der Waals surface area contributed by atoms with Crippen LogP contribution in [-0.2, 0) is 23.1 Å². The number of esters is 1. The average molecular weight is 292 g/mol. The van der Waals surface area contributed by atoms with E-state index in [1.165, 1.54) is 6.08 Å². The van der Waals surface area contributed by atoms with E-state index in [4.69, 9.17) is 13.8 Å². The van der Waals surface area contributed by atoms with E-state index in [1.54, 1.807) is 26.8 Å². The molecule has 0 heterocycles. The third-order valence-corrected chi connectivity index (χ3v) is 4.43. The summed E-state index contributed by atoms with van der Waals surface area (Å²) in [5.74, 6) is -0.356. The Hall–Kier alpha value is -0.640. The van der Waals surface area contributed by atoms with Gasteiger partial charge in [-0.15, -0.1) is 0 Å². The minimum Gasteiger partial charge on any atom is -0.464 e. The Balaban J connectivity index is 5.03. The molecule has 0 amide bonds. The molecule has 19 heavy (non-hydrogen) atoms. The summed E-state index contributed by atoms with van der Waals surface area (Å²) in [6, 6.07) is 0. The third kappa shape index (κ3) is 6.37. The van der Waals surface area contributed by atoms with Gasteiger partial charge in [0.1, 0.15) is 0 Å². The fourth-order valence-corrected chi connectivity index (χ4v) is 3.22. The minimum absolute atomic E-state index is 0.211. The zero-order valence-electron chi connectivity index (χ0n) is 12.4. The van der Waals surface area contributed by atoms with Gasteiger partial charge in [0.05, 0.1) is 19.8 Å². The second-order valence-corrected chi connectivity index (χ2v) is 6.52. The van der Waals surface area contributed by atoms with Crippen LogP contribution in [0.2, 0.25) is 0 Å². The van der Waals surface area contributed by atoms with E-state index in [-0.39, 0.29) is 25.7 Å². The van der Waals surface area contributed by atoms with Gasteiger partial charge in [-0.3, -0.25) is 9.36 Å². The molecule has 0 saturated carbocycles. The highest BCUT2D eigenvalue weighted by Gasteiger charge is 2.40. The zero-order chi connectivity index (χ0) is 14.9. The topological polar surface area (TPSA) is 61.8 Å². The summed E-state index contributed by atoms with van der Waals surface area (Å²) >= 11 is 0. The van der Waals surface area contributed by atoms with Crippen LogP contribution in [0.3, 0.4) is 0 Å². The molecule has 0 aromatic carbocycles. The van der Waals surface area contributed by atoms with Crippen LogP contribution < -0.4 is 0 Å². The van der Waals surface area contributed by atoms with Crippen molar-refractivity contribution in [1.82, 2.24) is 0 Å². The Kier molecular flexibility index (Phi) is 8.98. The van der Waals surface area contributed by atoms with E-state index in [2.05, 4.69) is 0 Å². The van der Waals surface area contributed by atoms with Gasteiger partial charge in [0.15, 0.2) is 5.66 Å². The number of allylic oxidation sites excluding steroid dienone is 1. The van der Waals surface area contributed by atoms with Crippen LogP contribution in [0.4, 0.5) is 0 Å². The summed E-state index contributed by atoms with van der Waals surface area (Å²) in [5.41, 5.74) is -1.00. The van der Waals surface area contributed by atoms with Crippen molar-refractivity contribution in [3.8, 4) is 0 Å². The van der Waals surface area contributed by atoms with Crippen LogP contribution in [0.15, 0.2) is 12.2 Å². The zero-order valence-corrected chi connectivity index (χ0v) is 13.3. The quantitative estimate of drug-likeness (QED) is 0.370. The standard InChI is InChI=1S/C13H25O5P/c1-6-9-12(13(14)16-10-11(4)5)19(15,17-7-2)18-8-3/h6,9,11-12H,7-8,10H2,1-5H3/b9-6+. The summed E-state index contributed by atoms with van der Waals surface area (Å²) in [7, 11) is -3.52. The molecular formula is C13H25O5P. The molecular weight excluding hydrogens is 267 g/mol. The van der Waals surface area contributed by atoms with Crippen molar-refractivity contribution in [3.05, 3.63) is 12.2 Å². The molecule has 0 saturated heterocycles. The second-order valence-electron chi connectivity index (χ2n) is 4.37. The molecule has 0 aromatic rings. The smallest absolute Gasteiger partial charge is 0.348 e. The fourth-order valence-electron chi connectivity index (χ4n) is 1.39. The maximum atomic E-state index is 12.6. The van der Waals surface area contributed by atoms with Crippen LogP contribution in [0.5, 0.6) is 0 Å². The molecule has 0 radical (unpaired) electrons. The van der Waals surface area contributed by atoms with Crippen LogP contribution in [-0.4, -0.2) is 31.4 Å². The number of ether oxygens (including phenoxy) is 1. The Bertz CT molecular complexity index is 328. The van der Waals surface area contributed by atoms with Crippen LogP contribution in [0.25, 0.3) is 0 Å². The highest BCUT2D eigenvalue weighted by molar-refractivity contribution is 7.56. The van der Waals surface area contributed by atoms with E-state index in [0.29, 0.717) is 0 Å². The Morgan fingerprint density at radius 2 is 1.74 bits per heavy atom. The lowest BCUT2D eigenvalue weighted by molar-refractivity contribution is -0.143. The van der Waals surface area contributed by atoms with Crippen molar-refractivity contribution < 1.29 is 23.1 Å². The lowest BCUT2D eigenvalue weighted by Gasteiger charge is -2.23.